The summed E-state index contributed by atoms with van der Waals surface area (Å²) in [7, 11) is 0. The van der Waals surface area contributed by atoms with Gasteiger partial charge in [0.25, 0.3) is 0 Å². The van der Waals surface area contributed by atoms with Crippen molar-refractivity contribution in [2.75, 3.05) is 0 Å². The predicted molar refractivity (Wildman–Crippen MR) is 163 cm³/mol. The Hall–Kier alpha value is -8.88. The summed E-state index contributed by atoms with van der Waals surface area (Å²) in [5, 5.41) is 70.6. The number of benzene rings is 3. The molecule has 0 saturated heterocycles. The second-order valence-electron chi connectivity index (χ2n) is 10.1. The summed E-state index contributed by atoms with van der Waals surface area (Å²) in [5.74, 6) is -1.33. The molecule has 4 aromatic rings. The molecule has 4 heterocycles. The molecule has 0 N–H and O–H groups in total. The summed E-state index contributed by atoms with van der Waals surface area (Å²) in [6.07, 6.45) is 0. The number of allylic oxidation sites excluding steroid dienone is 3. The third-order valence-electron chi connectivity index (χ3n) is 7.26. The van der Waals surface area contributed by atoms with Crippen molar-refractivity contribution < 1.29 is 0 Å². The van der Waals surface area contributed by atoms with Crippen molar-refractivity contribution in [3.63, 3.8) is 0 Å². The number of fused-ring (bicyclic) bond motifs is 3. The van der Waals surface area contributed by atoms with Crippen LogP contribution in [-0.4, -0.2) is 15.0 Å². The number of nitriles is 7. The van der Waals surface area contributed by atoms with Crippen LogP contribution in [0, 0.1) is 79.3 Å². The summed E-state index contributed by atoms with van der Waals surface area (Å²) < 4.78 is 0. The van der Waals surface area contributed by atoms with Crippen molar-refractivity contribution >= 4 is 16.7 Å². The van der Waals surface area contributed by atoms with E-state index in [1.54, 1.807) is 24.3 Å². The molecule has 7 rings (SSSR count). The van der Waals surface area contributed by atoms with Gasteiger partial charge < -0.3 is 0 Å². The normalized spacial score (nSPS) is 12.3. The van der Waals surface area contributed by atoms with Gasteiger partial charge in [-0.05, 0) is 36.4 Å². The second-order valence-corrected chi connectivity index (χ2v) is 10.1. The van der Waals surface area contributed by atoms with Crippen LogP contribution in [0.4, 0.5) is 0 Å². The van der Waals surface area contributed by atoms with Crippen LogP contribution in [0.25, 0.3) is 16.7 Å². The average Bonchev–Trinajstić information content (AvgIpc) is 3.87. The first-order valence-electron chi connectivity index (χ1n) is 14.0. The molecule has 0 bridgehead atoms. The van der Waals surface area contributed by atoms with Crippen molar-refractivity contribution in [1.29, 1.82) is 36.8 Å². The van der Waals surface area contributed by atoms with E-state index in [1.165, 1.54) is 24.3 Å². The lowest BCUT2D eigenvalue weighted by Crippen LogP contribution is -2.22. The van der Waals surface area contributed by atoms with Crippen LogP contribution >= 0.6 is 0 Å². The molecule has 16 heteroatoms. The Morgan fingerprint density at radius 1 is 0.380 bits per heavy atom. The minimum Gasteiger partial charge on any atom is -0.226 e. The van der Waals surface area contributed by atoms with E-state index in [0.717, 1.165) is 0 Å². The summed E-state index contributed by atoms with van der Waals surface area (Å²) in [6, 6.07) is 26.0. The maximum absolute atomic E-state index is 10.3. The van der Waals surface area contributed by atoms with Crippen molar-refractivity contribution in [2.45, 2.75) is 0 Å². The van der Waals surface area contributed by atoms with Crippen molar-refractivity contribution in [1.82, 2.24) is 15.0 Å². The van der Waals surface area contributed by atoms with Gasteiger partial charge in [0.2, 0.25) is 0 Å². The highest BCUT2D eigenvalue weighted by molar-refractivity contribution is 5.82. The zero-order valence-electron chi connectivity index (χ0n) is 24.8. The zero-order chi connectivity index (χ0) is 34.9. The van der Waals surface area contributed by atoms with Gasteiger partial charge in [0.15, 0.2) is 34.9 Å². The molecule has 16 nitrogen and oxygen atoms in total. The van der Waals surface area contributed by atoms with E-state index in [-0.39, 0.29) is 95.3 Å². The van der Waals surface area contributed by atoms with E-state index in [4.69, 9.17) is 0 Å². The Kier molecular flexibility index (Phi) is 7.04. The van der Waals surface area contributed by atoms with Gasteiger partial charge in [0.05, 0.1) is 54.4 Å². The fraction of sp³-hybridized carbons (Fsp3) is 0. The van der Waals surface area contributed by atoms with Crippen LogP contribution in [-0.2, 0) is 0 Å². The quantitative estimate of drug-likeness (QED) is 0.266. The minimum absolute atomic E-state index is 0.0273. The molecular formula is C34H8N16. The van der Waals surface area contributed by atoms with Gasteiger partial charge in [-0.15, -0.1) is 0 Å². The summed E-state index contributed by atoms with van der Waals surface area (Å²) >= 11 is 0. The first kappa shape index (κ1) is 29.8. The molecule has 50 heavy (non-hydrogen) atoms. The van der Waals surface area contributed by atoms with E-state index < -0.39 is 0 Å². The lowest BCUT2D eigenvalue weighted by molar-refractivity contribution is 0.959. The fourth-order valence-corrected chi connectivity index (χ4v) is 4.94. The molecule has 3 aliphatic rings. The Morgan fingerprint density at radius 2 is 0.640 bits per heavy atom. The van der Waals surface area contributed by atoms with Crippen molar-refractivity contribution in [3.8, 4) is 42.5 Å². The molecule has 0 spiro atoms. The summed E-state index contributed by atoms with van der Waals surface area (Å²) in [4.78, 5) is 39.5. The van der Waals surface area contributed by atoms with Crippen LogP contribution in [0.2, 0.25) is 0 Å². The van der Waals surface area contributed by atoms with Crippen LogP contribution in [0.3, 0.4) is 0 Å². The topological polar surface area (TPSA) is 279 Å². The third-order valence-corrected chi connectivity index (χ3v) is 7.26. The Labute approximate surface area is 278 Å². The Morgan fingerprint density at radius 3 is 0.880 bits per heavy atom. The molecule has 3 aliphatic heterocycles. The second kappa shape index (κ2) is 11.8. The standard InChI is InChI=1S/C34H8N16/c35-9-16-5-25-26(6-17(16)10-36)45-30(44-25)21(14-40)33-48-32(20(13-39)29-42-23-3-1-2-4-24(23)43-29)49-34(50-33)22(15-41)31-46-27-7-18(11-37)19(12-38)8-28(27)47-31/h1-8H. The van der Waals surface area contributed by atoms with Gasteiger partial charge in [-0.1, -0.05) is 12.1 Å². The first-order chi connectivity index (χ1) is 24.4. The molecule has 0 atom stereocenters. The largest absolute Gasteiger partial charge is 0.226 e. The maximum atomic E-state index is 10.3. The highest BCUT2D eigenvalue weighted by Gasteiger charge is 2.25. The average molecular weight is 641 g/mol. The van der Waals surface area contributed by atoms with Crippen LogP contribution in [0.1, 0.15) is 39.7 Å². The highest BCUT2D eigenvalue weighted by Crippen LogP contribution is 2.26. The number of nitrogens with zero attached hydrogens (tertiary/aromatic N) is 16. The molecule has 0 amide bonds. The van der Waals surface area contributed by atoms with E-state index in [2.05, 4.69) is 44.9 Å². The van der Waals surface area contributed by atoms with Gasteiger partial charge >= 0.3 is 0 Å². The van der Waals surface area contributed by atoms with Crippen LogP contribution < -0.4 is 32.1 Å². The number of rotatable bonds is 3. The SMILES string of the molecule is N#CC(=C1N=c2ccccc2=N1)c1nc(C(C#N)=C2N=c3cc(C#N)c(C#N)cc3=N2)nc(C(C#N)=C2N=c3cc(C#N)c(C#N)cc3=N2)n1. The van der Waals surface area contributed by atoms with E-state index >= 15 is 0 Å². The maximum Gasteiger partial charge on any atom is 0.178 e. The van der Waals surface area contributed by atoms with E-state index in [1.807, 2.05) is 42.5 Å². The summed E-state index contributed by atoms with van der Waals surface area (Å²) in [5.41, 5.74) is -0.562. The molecule has 0 fully saturated rings. The summed E-state index contributed by atoms with van der Waals surface area (Å²) in [6.45, 7) is 0. The van der Waals surface area contributed by atoms with Gasteiger partial charge in [-0.3, -0.25) is 0 Å². The van der Waals surface area contributed by atoms with Crippen LogP contribution in [0.15, 0.2) is 95.9 Å². The highest BCUT2D eigenvalue weighted by atomic mass is 15.1. The predicted octanol–water partition coefficient (Wildman–Crippen LogP) is -0.206. The van der Waals surface area contributed by atoms with Crippen LogP contribution in [0.5, 0.6) is 0 Å². The number of hydrogen-bond donors (Lipinski definition) is 0. The smallest absolute Gasteiger partial charge is 0.178 e. The molecule has 1 aromatic heterocycles. The molecule has 3 aromatic carbocycles. The van der Waals surface area contributed by atoms with Gasteiger partial charge in [-0.25, -0.2) is 44.9 Å². The third kappa shape index (κ3) is 4.86. The van der Waals surface area contributed by atoms with E-state index in [9.17, 15) is 36.8 Å². The number of aromatic nitrogens is 3. The van der Waals surface area contributed by atoms with E-state index in [0.29, 0.717) is 10.7 Å². The van der Waals surface area contributed by atoms with Gasteiger partial charge in [0, 0.05) is 0 Å². The molecule has 0 unspecified atom stereocenters. The first-order valence-corrected chi connectivity index (χ1v) is 14.0. The molecule has 0 aliphatic carbocycles. The Balaban J connectivity index is 1.50. The van der Waals surface area contributed by atoms with Crippen molar-refractivity contribution in [2.24, 2.45) is 30.0 Å². The minimum atomic E-state index is -0.338. The van der Waals surface area contributed by atoms with Crippen molar-refractivity contribution in [3.05, 3.63) is 138 Å². The van der Waals surface area contributed by atoms with Gasteiger partial charge in [-0.2, -0.15) is 36.8 Å². The molecule has 224 valence electrons. The zero-order valence-corrected chi connectivity index (χ0v) is 24.8. The fourth-order valence-electron chi connectivity index (χ4n) is 4.94. The number of para-hydroxylation sites is 2. The molecule has 0 saturated carbocycles. The molecular weight excluding hydrogens is 632 g/mol. The van der Waals surface area contributed by atoms with Gasteiger partial charge in [0.1, 0.15) is 59.2 Å². The lowest BCUT2D eigenvalue weighted by atomic mass is 10.1. The Bertz CT molecular complexity index is 2810. The lowest BCUT2D eigenvalue weighted by Gasteiger charge is -2.07. The molecule has 0 radical (unpaired) electrons. The monoisotopic (exact) mass is 640 g/mol. The number of hydrogen-bond acceptors (Lipinski definition) is 16.